The van der Waals surface area contributed by atoms with Crippen LogP contribution in [0.2, 0.25) is 18.6 Å². The van der Waals surface area contributed by atoms with Gasteiger partial charge in [-0.2, -0.15) is 0 Å². The molecule has 1 aromatic carbocycles. The smallest absolute Gasteiger partial charge is 0.407 e. The lowest BCUT2D eigenvalue weighted by molar-refractivity contribution is -0.143. The standard InChI is InChI=1S/C22H37NO4Si/c1-6-8-9-10-14-17-19(28(4,5)18-15-12-11-13-16-18)20(21(24)26-3)23-22(25)27-7-2/h11-13,15-16,19-20H,6-10,14,17H2,1-5H3,(H,23,25)/t19-,20+/m1/s1. The van der Waals surface area contributed by atoms with E-state index in [9.17, 15) is 9.59 Å². The van der Waals surface area contributed by atoms with Crippen LogP contribution in [0.3, 0.4) is 0 Å². The van der Waals surface area contributed by atoms with E-state index in [1.807, 2.05) is 18.2 Å². The number of carbonyl (C=O) groups excluding carboxylic acids is 2. The molecule has 1 aromatic rings. The normalized spacial score (nSPS) is 13.5. The number of esters is 1. The highest BCUT2D eigenvalue weighted by Gasteiger charge is 2.43. The predicted octanol–water partition coefficient (Wildman–Crippen LogP) is 4.62. The molecule has 1 rings (SSSR count). The molecule has 0 spiro atoms. The predicted molar refractivity (Wildman–Crippen MR) is 117 cm³/mol. The molecule has 0 bridgehead atoms. The molecule has 6 heteroatoms. The van der Waals surface area contributed by atoms with Crippen LogP contribution in [0, 0.1) is 0 Å². The molecule has 0 aromatic heterocycles. The first kappa shape index (κ1) is 24.2. The minimum atomic E-state index is -2.08. The fourth-order valence-corrected chi connectivity index (χ4v) is 7.20. The third-order valence-electron chi connectivity index (χ3n) is 5.47. The molecule has 28 heavy (non-hydrogen) atoms. The van der Waals surface area contributed by atoms with E-state index in [1.54, 1.807) is 6.92 Å². The Morgan fingerprint density at radius 2 is 1.68 bits per heavy atom. The molecule has 0 heterocycles. The number of unbranched alkanes of at least 4 members (excludes halogenated alkanes) is 4. The lowest BCUT2D eigenvalue weighted by atomic mass is 10.0. The van der Waals surface area contributed by atoms with E-state index in [1.165, 1.54) is 31.6 Å². The molecule has 0 aliphatic rings. The van der Waals surface area contributed by atoms with Gasteiger partial charge < -0.3 is 14.8 Å². The second-order valence-electron chi connectivity index (χ2n) is 7.76. The molecule has 0 aliphatic heterocycles. The Morgan fingerprint density at radius 3 is 2.25 bits per heavy atom. The first-order chi connectivity index (χ1) is 13.4. The van der Waals surface area contributed by atoms with Crippen molar-refractivity contribution in [2.24, 2.45) is 0 Å². The van der Waals surface area contributed by atoms with Crippen molar-refractivity contribution in [3.8, 4) is 0 Å². The Morgan fingerprint density at radius 1 is 1.04 bits per heavy atom. The van der Waals surface area contributed by atoms with Crippen molar-refractivity contribution in [3.05, 3.63) is 30.3 Å². The van der Waals surface area contributed by atoms with Crippen molar-refractivity contribution in [1.29, 1.82) is 0 Å². The number of hydrogen-bond donors (Lipinski definition) is 1. The summed E-state index contributed by atoms with van der Waals surface area (Å²) in [5.41, 5.74) is 0.0217. The van der Waals surface area contributed by atoms with Crippen LogP contribution in [0.25, 0.3) is 0 Å². The van der Waals surface area contributed by atoms with Crippen LogP contribution < -0.4 is 10.5 Å². The number of amides is 1. The van der Waals surface area contributed by atoms with Crippen LogP contribution in [-0.2, 0) is 14.3 Å². The molecule has 0 fully saturated rings. The number of carbonyl (C=O) groups is 2. The fraction of sp³-hybridized carbons (Fsp3) is 0.636. The molecule has 0 unspecified atom stereocenters. The van der Waals surface area contributed by atoms with Crippen LogP contribution in [-0.4, -0.2) is 39.9 Å². The van der Waals surface area contributed by atoms with Gasteiger partial charge in [0.1, 0.15) is 6.04 Å². The van der Waals surface area contributed by atoms with Gasteiger partial charge in [-0.25, -0.2) is 9.59 Å². The molecule has 1 amide bonds. The van der Waals surface area contributed by atoms with Gasteiger partial charge >= 0.3 is 12.1 Å². The molecule has 5 nitrogen and oxygen atoms in total. The summed E-state index contributed by atoms with van der Waals surface area (Å²) in [4.78, 5) is 24.8. The summed E-state index contributed by atoms with van der Waals surface area (Å²) in [5, 5.41) is 4.07. The van der Waals surface area contributed by atoms with E-state index in [4.69, 9.17) is 9.47 Å². The molecular weight excluding hydrogens is 370 g/mol. The van der Waals surface area contributed by atoms with Gasteiger partial charge in [0.15, 0.2) is 0 Å². The number of rotatable bonds is 12. The molecular formula is C22H37NO4Si. The number of benzene rings is 1. The minimum Gasteiger partial charge on any atom is -0.467 e. The van der Waals surface area contributed by atoms with Gasteiger partial charge in [0.2, 0.25) is 0 Å². The first-order valence-electron chi connectivity index (χ1n) is 10.4. The Bertz CT molecular complexity index is 591. The van der Waals surface area contributed by atoms with Crippen molar-refractivity contribution in [2.75, 3.05) is 13.7 Å². The van der Waals surface area contributed by atoms with Gasteiger partial charge in [-0.15, -0.1) is 0 Å². The van der Waals surface area contributed by atoms with Crippen molar-refractivity contribution < 1.29 is 19.1 Å². The van der Waals surface area contributed by atoms with Crippen molar-refractivity contribution in [2.45, 2.75) is 77.0 Å². The van der Waals surface area contributed by atoms with Gasteiger partial charge in [-0.05, 0) is 18.9 Å². The van der Waals surface area contributed by atoms with E-state index in [0.717, 1.165) is 19.3 Å². The number of nitrogens with one attached hydrogen (secondary N) is 1. The highest BCUT2D eigenvalue weighted by molar-refractivity contribution is 6.91. The molecule has 2 atom stereocenters. The first-order valence-corrected chi connectivity index (χ1v) is 13.5. The third-order valence-corrected chi connectivity index (χ3v) is 9.77. The molecule has 158 valence electrons. The molecule has 0 saturated heterocycles. The molecule has 1 N–H and O–H groups in total. The van der Waals surface area contributed by atoms with Crippen molar-refractivity contribution >= 4 is 25.3 Å². The van der Waals surface area contributed by atoms with Crippen LogP contribution in [0.5, 0.6) is 0 Å². The van der Waals surface area contributed by atoms with E-state index >= 15 is 0 Å². The summed E-state index contributed by atoms with van der Waals surface area (Å²) < 4.78 is 10.1. The Hall–Kier alpha value is -1.82. The van der Waals surface area contributed by atoms with E-state index in [0.29, 0.717) is 0 Å². The Balaban J connectivity index is 3.12. The summed E-state index contributed by atoms with van der Waals surface area (Å²) in [6.45, 7) is 8.75. The van der Waals surface area contributed by atoms with E-state index in [-0.39, 0.29) is 12.1 Å². The number of ether oxygens (including phenoxy) is 2. The summed E-state index contributed by atoms with van der Waals surface area (Å²) in [6.07, 6.45) is 6.11. The van der Waals surface area contributed by atoms with Crippen LogP contribution in [0.15, 0.2) is 30.3 Å². The molecule has 0 radical (unpaired) electrons. The number of alkyl carbamates (subject to hydrolysis) is 1. The minimum absolute atomic E-state index is 0.0217. The monoisotopic (exact) mass is 407 g/mol. The van der Waals surface area contributed by atoms with Gasteiger partial charge in [-0.3, -0.25) is 0 Å². The highest BCUT2D eigenvalue weighted by atomic mass is 28.3. The van der Waals surface area contributed by atoms with Crippen LogP contribution in [0.4, 0.5) is 4.79 Å². The second kappa shape index (κ2) is 12.6. The number of hydrogen-bond acceptors (Lipinski definition) is 4. The molecule has 0 aliphatic carbocycles. The van der Waals surface area contributed by atoms with Gasteiger partial charge in [0.05, 0.1) is 21.8 Å². The second-order valence-corrected chi connectivity index (χ2v) is 12.5. The van der Waals surface area contributed by atoms with Crippen LogP contribution >= 0.6 is 0 Å². The summed E-state index contributed by atoms with van der Waals surface area (Å²) in [7, 11) is -0.708. The Kier molecular flexibility index (Phi) is 10.9. The highest BCUT2D eigenvalue weighted by Crippen LogP contribution is 2.32. The largest absolute Gasteiger partial charge is 0.467 e. The summed E-state index contributed by atoms with van der Waals surface area (Å²) >= 11 is 0. The van der Waals surface area contributed by atoms with Gasteiger partial charge in [-0.1, -0.05) is 87.6 Å². The average Bonchev–Trinajstić information content (AvgIpc) is 2.69. The third kappa shape index (κ3) is 7.30. The van der Waals surface area contributed by atoms with Crippen molar-refractivity contribution in [3.63, 3.8) is 0 Å². The SMILES string of the molecule is CCCCCCC[C@H]([C@H](NC(=O)OCC)C(=O)OC)[Si](C)(C)c1ccccc1. The lowest BCUT2D eigenvalue weighted by Crippen LogP contribution is -2.57. The maximum Gasteiger partial charge on any atom is 0.407 e. The summed E-state index contributed by atoms with van der Waals surface area (Å²) in [5.74, 6) is -0.400. The zero-order valence-corrected chi connectivity index (χ0v) is 19.1. The van der Waals surface area contributed by atoms with Gasteiger partial charge in [0.25, 0.3) is 0 Å². The zero-order valence-electron chi connectivity index (χ0n) is 18.1. The number of methoxy groups -OCH3 is 1. The maximum atomic E-state index is 12.6. The van der Waals surface area contributed by atoms with E-state index in [2.05, 4.69) is 37.5 Å². The van der Waals surface area contributed by atoms with E-state index < -0.39 is 26.2 Å². The molecule has 0 saturated carbocycles. The van der Waals surface area contributed by atoms with Crippen molar-refractivity contribution in [1.82, 2.24) is 5.32 Å². The quantitative estimate of drug-likeness (QED) is 0.312. The maximum absolute atomic E-state index is 12.6. The summed E-state index contributed by atoms with van der Waals surface area (Å²) in [6, 6.07) is 9.65. The zero-order chi connectivity index (χ0) is 21.0. The Labute approximate surface area is 171 Å². The van der Waals surface area contributed by atoms with Crippen LogP contribution in [0.1, 0.15) is 52.4 Å². The lowest BCUT2D eigenvalue weighted by Gasteiger charge is -2.37. The fourth-order valence-electron chi connectivity index (χ4n) is 3.74. The average molecular weight is 408 g/mol. The van der Waals surface area contributed by atoms with Gasteiger partial charge in [0, 0.05) is 0 Å². The topological polar surface area (TPSA) is 64.6 Å².